The quantitative estimate of drug-likeness (QED) is 0.304. The zero-order chi connectivity index (χ0) is 28.9. The van der Waals surface area contributed by atoms with Crippen LogP contribution in [0.5, 0.6) is 11.5 Å². The third-order valence-electron chi connectivity index (χ3n) is 7.21. The van der Waals surface area contributed by atoms with E-state index >= 15 is 4.39 Å². The van der Waals surface area contributed by atoms with Gasteiger partial charge in [-0.25, -0.2) is 9.18 Å². The summed E-state index contributed by atoms with van der Waals surface area (Å²) in [5.74, 6) is 0.857. The fourth-order valence-electron chi connectivity index (χ4n) is 5.05. The normalized spacial score (nSPS) is 13.2. The van der Waals surface area contributed by atoms with E-state index in [4.69, 9.17) is 9.47 Å². The molecule has 1 aliphatic heterocycles. The van der Waals surface area contributed by atoms with Crippen LogP contribution in [0.15, 0.2) is 78.9 Å². The number of carbonyl (C=O) groups is 2. The fourth-order valence-corrected chi connectivity index (χ4v) is 5.05. The maximum absolute atomic E-state index is 15.0. The number of rotatable bonds is 7. The number of amides is 3. The number of benzene rings is 3. The van der Waals surface area contributed by atoms with Gasteiger partial charge in [-0.1, -0.05) is 24.3 Å². The molecule has 1 saturated heterocycles. The Kier molecular flexibility index (Phi) is 8.24. The third kappa shape index (κ3) is 5.89. The second-order valence-corrected chi connectivity index (χ2v) is 9.71. The van der Waals surface area contributed by atoms with Gasteiger partial charge in [-0.3, -0.25) is 4.79 Å². The minimum absolute atomic E-state index is 0.159. The number of nitrogens with one attached hydrogen (secondary N) is 1. The van der Waals surface area contributed by atoms with Crippen molar-refractivity contribution >= 4 is 17.6 Å². The van der Waals surface area contributed by atoms with Crippen LogP contribution in [0, 0.1) is 12.7 Å². The van der Waals surface area contributed by atoms with Gasteiger partial charge in [-0.05, 0) is 68.4 Å². The molecule has 3 aromatic carbocycles. The number of methoxy groups -OCH3 is 1. The Morgan fingerprint density at radius 2 is 1.59 bits per heavy atom. The number of piperazine rings is 1. The monoisotopic (exact) mass is 556 g/mol. The van der Waals surface area contributed by atoms with Crippen molar-refractivity contribution in [3.8, 4) is 28.4 Å². The molecule has 1 aromatic heterocycles. The predicted octanol–water partition coefficient (Wildman–Crippen LogP) is 5.99. The molecule has 1 fully saturated rings. The van der Waals surface area contributed by atoms with Crippen molar-refractivity contribution in [1.29, 1.82) is 0 Å². The summed E-state index contributed by atoms with van der Waals surface area (Å²) < 4.78 is 27.6. The highest BCUT2D eigenvalue weighted by molar-refractivity contribution is 5.98. The Morgan fingerprint density at radius 3 is 2.27 bits per heavy atom. The molecule has 3 amide bonds. The average molecular weight is 557 g/mol. The summed E-state index contributed by atoms with van der Waals surface area (Å²) in [7, 11) is 1.59. The fraction of sp³-hybridized carbons (Fsp3) is 0.250. The molecule has 0 saturated carbocycles. The van der Waals surface area contributed by atoms with Crippen molar-refractivity contribution in [2.24, 2.45) is 0 Å². The number of carbonyl (C=O) groups excluding carboxylic acids is 2. The Morgan fingerprint density at radius 1 is 0.878 bits per heavy atom. The molecule has 0 spiro atoms. The van der Waals surface area contributed by atoms with Crippen LogP contribution in [-0.2, 0) is 0 Å². The van der Waals surface area contributed by atoms with Gasteiger partial charge >= 0.3 is 6.03 Å². The first-order valence-electron chi connectivity index (χ1n) is 13.6. The third-order valence-corrected chi connectivity index (χ3v) is 7.21. The van der Waals surface area contributed by atoms with Crippen molar-refractivity contribution < 1.29 is 23.5 Å². The van der Waals surface area contributed by atoms with E-state index in [-0.39, 0.29) is 17.8 Å². The van der Waals surface area contributed by atoms with E-state index in [9.17, 15) is 9.59 Å². The highest BCUT2D eigenvalue weighted by atomic mass is 19.1. The molecule has 1 aliphatic rings. The number of nitrogens with zero attached hydrogens (tertiary/aromatic N) is 3. The van der Waals surface area contributed by atoms with Crippen molar-refractivity contribution in [3.05, 3.63) is 95.9 Å². The van der Waals surface area contributed by atoms with Gasteiger partial charge in [0.15, 0.2) is 0 Å². The predicted molar refractivity (Wildman–Crippen MR) is 157 cm³/mol. The summed E-state index contributed by atoms with van der Waals surface area (Å²) in [6.45, 7) is 5.87. The molecule has 212 valence electrons. The van der Waals surface area contributed by atoms with Crippen LogP contribution in [0.25, 0.3) is 16.9 Å². The van der Waals surface area contributed by atoms with E-state index in [1.165, 1.54) is 6.07 Å². The molecule has 41 heavy (non-hydrogen) atoms. The van der Waals surface area contributed by atoms with Crippen LogP contribution in [0.1, 0.15) is 23.0 Å². The minimum Gasteiger partial charge on any atom is -0.497 e. The van der Waals surface area contributed by atoms with E-state index in [1.54, 1.807) is 51.8 Å². The maximum atomic E-state index is 15.0. The van der Waals surface area contributed by atoms with Crippen molar-refractivity contribution in [2.75, 3.05) is 45.2 Å². The number of aromatic nitrogens is 1. The Hall–Kier alpha value is -4.79. The molecular weight excluding hydrogens is 523 g/mol. The van der Waals surface area contributed by atoms with Gasteiger partial charge in [-0.15, -0.1) is 0 Å². The molecule has 1 N–H and O–H groups in total. The lowest BCUT2D eigenvalue weighted by molar-refractivity contribution is 0.0671. The largest absolute Gasteiger partial charge is 0.497 e. The van der Waals surface area contributed by atoms with Crippen molar-refractivity contribution in [3.63, 3.8) is 0 Å². The van der Waals surface area contributed by atoms with Crippen LogP contribution in [0.2, 0.25) is 0 Å². The highest BCUT2D eigenvalue weighted by Crippen LogP contribution is 2.33. The van der Waals surface area contributed by atoms with E-state index < -0.39 is 0 Å². The van der Waals surface area contributed by atoms with Gasteiger partial charge in [-0.2, -0.15) is 0 Å². The first-order chi connectivity index (χ1) is 19.9. The lowest BCUT2D eigenvalue weighted by atomic mass is 10.1. The molecule has 0 unspecified atom stereocenters. The second-order valence-electron chi connectivity index (χ2n) is 9.71. The van der Waals surface area contributed by atoms with Crippen LogP contribution in [0.3, 0.4) is 0 Å². The molecule has 0 atom stereocenters. The molecular formula is C32H33FN4O4. The molecule has 0 aliphatic carbocycles. The Bertz CT molecular complexity index is 1540. The number of anilines is 1. The number of urea groups is 1. The molecule has 9 heteroatoms. The number of hydrogen-bond donors (Lipinski definition) is 1. The molecule has 4 aromatic rings. The number of hydrogen-bond acceptors (Lipinski definition) is 4. The van der Waals surface area contributed by atoms with Crippen LogP contribution < -0.4 is 14.8 Å². The number of ether oxygens (including phenoxy) is 2. The summed E-state index contributed by atoms with van der Waals surface area (Å²) in [5.41, 5.74) is 3.63. The first-order valence-corrected chi connectivity index (χ1v) is 13.6. The summed E-state index contributed by atoms with van der Waals surface area (Å²) in [4.78, 5) is 30.1. The first kappa shape index (κ1) is 27.8. The topological polar surface area (TPSA) is 76.0 Å². The lowest BCUT2D eigenvalue weighted by Crippen LogP contribution is -2.51. The Balaban J connectivity index is 1.34. The second kappa shape index (κ2) is 12.2. The maximum Gasteiger partial charge on any atom is 0.321 e. The standard InChI is InChI=1S/C32H33FN4O4/c1-4-41-25-14-12-24(13-15-25)34-32(39)36-18-16-35(17-19-36)31(38)27-21-30(23-8-7-9-26(20-23)40-3)37(22(27)2)29-11-6-5-10-28(29)33/h5-15,20-21H,4,16-19H2,1-3H3,(H,34,39). The van der Waals surface area contributed by atoms with Crippen molar-refractivity contribution in [2.45, 2.75) is 13.8 Å². The van der Waals surface area contributed by atoms with Gasteiger partial charge in [0.2, 0.25) is 0 Å². The van der Waals surface area contributed by atoms with Gasteiger partial charge in [0.25, 0.3) is 5.91 Å². The van der Waals surface area contributed by atoms with Crippen LogP contribution >= 0.6 is 0 Å². The van der Waals surface area contributed by atoms with E-state index in [0.717, 1.165) is 11.3 Å². The average Bonchev–Trinajstić information content (AvgIpc) is 3.34. The van der Waals surface area contributed by atoms with E-state index in [1.807, 2.05) is 56.3 Å². The molecule has 2 heterocycles. The lowest BCUT2D eigenvalue weighted by Gasteiger charge is -2.34. The number of para-hydroxylation sites is 1. The zero-order valence-electron chi connectivity index (χ0n) is 23.4. The molecule has 5 rings (SSSR count). The van der Waals surface area contributed by atoms with Gasteiger partial charge in [0, 0.05) is 43.1 Å². The van der Waals surface area contributed by atoms with Crippen LogP contribution in [-0.4, -0.2) is 66.2 Å². The summed E-state index contributed by atoms with van der Waals surface area (Å²) in [5, 5.41) is 2.91. The summed E-state index contributed by atoms with van der Waals surface area (Å²) in [6.07, 6.45) is 0. The van der Waals surface area contributed by atoms with E-state index in [2.05, 4.69) is 5.32 Å². The van der Waals surface area contributed by atoms with E-state index in [0.29, 0.717) is 66.9 Å². The highest BCUT2D eigenvalue weighted by Gasteiger charge is 2.28. The van der Waals surface area contributed by atoms with Gasteiger partial charge in [0.05, 0.1) is 30.7 Å². The summed E-state index contributed by atoms with van der Waals surface area (Å²) >= 11 is 0. The SMILES string of the molecule is CCOc1ccc(NC(=O)N2CCN(C(=O)c3cc(-c4cccc(OC)c4)n(-c4ccccc4F)c3C)CC2)cc1. The smallest absolute Gasteiger partial charge is 0.321 e. The van der Waals surface area contributed by atoms with Crippen molar-refractivity contribution in [1.82, 2.24) is 14.4 Å². The Labute approximate surface area is 238 Å². The molecule has 0 bridgehead atoms. The summed E-state index contributed by atoms with van der Waals surface area (Å²) in [6, 6.07) is 22.8. The molecule has 8 nitrogen and oxygen atoms in total. The number of halogens is 1. The zero-order valence-corrected chi connectivity index (χ0v) is 23.4. The molecule has 0 radical (unpaired) electrons. The van der Waals surface area contributed by atoms with Gasteiger partial charge < -0.3 is 29.2 Å². The minimum atomic E-state index is -0.387. The van der Waals surface area contributed by atoms with Gasteiger partial charge in [0.1, 0.15) is 17.3 Å². The van der Waals surface area contributed by atoms with Crippen LogP contribution in [0.4, 0.5) is 14.9 Å².